The van der Waals surface area contributed by atoms with Gasteiger partial charge >= 0.3 is 6.09 Å². The Bertz CT molecular complexity index is 1060. The molecule has 2 aromatic rings. The largest absolute Gasteiger partial charge is 0.482 e. The number of fused-ring (bicyclic) bond motifs is 1. The number of carbonyl (C=O) groups is 2. The summed E-state index contributed by atoms with van der Waals surface area (Å²) in [6, 6.07) is 10.3. The first-order chi connectivity index (χ1) is 15.6. The third kappa shape index (κ3) is 5.41. The molecule has 2 aliphatic rings. The summed E-state index contributed by atoms with van der Waals surface area (Å²) in [7, 11) is 0. The van der Waals surface area contributed by atoms with Crippen LogP contribution in [0.5, 0.6) is 5.75 Å². The van der Waals surface area contributed by atoms with E-state index in [9.17, 15) is 14.0 Å². The minimum Gasteiger partial charge on any atom is -0.482 e. The second-order valence-corrected chi connectivity index (χ2v) is 9.91. The van der Waals surface area contributed by atoms with Crippen LogP contribution >= 0.6 is 11.6 Å². The Kier molecular flexibility index (Phi) is 6.52. The molecule has 2 aliphatic heterocycles. The fraction of sp³-hybridized carbons (Fsp3) is 0.440. The molecule has 6 nitrogen and oxygen atoms in total. The number of nitrogens with zero attached hydrogens (tertiary/aromatic N) is 2. The molecule has 1 saturated heterocycles. The Labute approximate surface area is 198 Å². The van der Waals surface area contributed by atoms with E-state index in [1.165, 1.54) is 6.07 Å². The van der Waals surface area contributed by atoms with Gasteiger partial charge in [-0.3, -0.25) is 4.79 Å². The van der Waals surface area contributed by atoms with Crippen LogP contribution in [-0.4, -0.2) is 42.2 Å². The average Bonchev–Trinajstić information content (AvgIpc) is 2.76. The minimum atomic E-state index is -0.522. The molecule has 0 spiro atoms. The third-order valence-electron chi connectivity index (χ3n) is 5.89. The second-order valence-electron chi connectivity index (χ2n) is 9.47. The summed E-state index contributed by atoms with van der Waals surface area (Å²) in [6.07, 6.45) is 1.29. The molecule has 176 valence electrons. The van der Waals surface area contributed by atoms with Crippen molar-refractivity contribution in [2.45, 2.75) is 51.7 Å². The number of halogens is 2. The van der Waals surface area contributed by atoms with Gasteiger partial charge in [-0.2, -0.15) is 0 Å². The summed E-state index contributed by atoms with van der Waals surface area (Å²) in [5.41, 5.74) is 1.56. The topological polar surface area (TPSA) is 59.1 Å². The number of hydrogen-bond acceptors (Lipinski definition) is 4. The lowest BCUT2D eigenvalue weighted by molar-refractivity contribution is -0.121. The van der Waals surface area contributed by atoms with Gasteiger partial charge in [-0.05, 0) is 69.4 Å². The molecule has 0 radical (unpaired) electrons. The van der Waals surface area contributed by atoms with Crippen molar-refractivity contribution in [1.82, 2.24) is 4.90 Å². The van der Waals surface area contributed by atoms with Gasteiger partial charge in [0.25, 0.3) is 5.91 Å². The lowest BCUT2D eigenvalue weighted by Crippen LogP contribution is -2.41. The maximum Gasteiger partial charge on any atom is 0.410 e. The van der Waals surface area contributed by atoms with E-state index in [0.29, 0.717) is 35.1 Å². The quantitative estimate of drug-likeness (QED) is 0.587. The van der Waals surface area contributed by atoms with Crippen molar-refractivity contribution in [3.05, 3.63) is 58.4 Å². The molecule has 2 heterocycles. The van der Waals surface area contributed by atoms with Gasteiger partial charge < -0.3 is 19.3 Å². The highest BCUT2D eigenvalue weighted by Gasteiger charge is 2.30. The molecule has 1 fully saturated rings. The van der Waals surface area contributed by atoms with Gasteiger partial charge in [-0.1, -0.05) is 23.7 Å². The molecule has 33 heavy (non-hydrogen) atoms. The average molecular weight is 475 g/mol. The molecule has 0 N–H and O–H groups in total. The van der Waals surface area contributed by atoms with Crippen LogP contribution < -0.4 is 9.64 Å². The Hall–Kier alpha value is -2.80. The molecule has 0 aromatic heterocycles. The summed E-state index contributed by atoms with van der Waals surface area (Å²) in [5, 5.41) is 0.310. The van der Waals surface area contributed by atoms with Gasteiger partial charge in [-0.25, -0.2) is 9.18 Å². The molecule has 8 heteroatoms. The molecule has 0 aliphatic carbocycles. The van der Waals surface area contributed by atoms with Crippen molar-refractivity contribution in [1.29, 1.82) is 0 Å². The number of likely N-dealkylation sites (tertiary alicyclic amines) is 1. The number of hydrogen-bond donors (Lipinski definition) is 0. The number of amides is 2. The lowest BCUT2D eigenvalue weighted by Gasteiger charge is -2.35. The van der Waals surface area contributed by atoms with Gasteiger partial charge in [0.15, 0.2) is 6.61 Å². The zero-order valence-corrected chi connectivity index (χ0v) is 19.8. The van der Waals surface area contributed by atoms with E-state index >= 15 is 0 Å². The van der Waals surface area contributed by atoms with E-state index in [1.807, 2.05) is 39.0 Å². The molecule has 2 amide bonds. The van der Waals surface area contributed by atoms with Crippen molar-refractivity contribution in [2.24, 2.45) is 0 Å². The standard InChI is InChI=1S/C25H28ClFN2O4/c1-25(2,3)33-24(31)28-10-8-16(9-11-28)17-5-7-22-21(12-17)29(23(30)15-32-22)14-18-4-6-19(26)13-20(18)27/h4-7,12-13,16H,8-11,14-15H2,1-3H3. The molecular formula is C25H28ClFN2O4. The number of piperidine rings is 1. The zero-order chi connectivity index (χ0) is 23.8. The summed E-state index contributed by atoms with van der Waals surface area (Å²) in [4.78, 5) is 28.3. The van der Waals surface area contributed by atoms with E-state index in [4.69, 9.17) is 21.1 Å². The Morgan fingerprint density at radius 1 is 1.18 bits per heavy atom. The number of anilines is 1. The number of benzene rings is 2. The van der Waals surface area contributed by atoms with Crippen LogP contribution in [0.25, 0.3) is 0 Å². The number of rotatable bonds is 3. The molecule has 0 saturated carbocycles. The van der Waals surface area contributed by atoms with Crippen LogP contribution in [0, 0.1) is 5.82 Å². The van der Waals surface area contributed by atoms with E-state index in [1.54, 1.807) is 21.9 Å². The monoisotopic (exact) mass is 474 g/mol. The molecule has 4 rings (SSSR count). The predicted octanol–water partition coefficient (Wildman–Crippen LogP) is 5.52. The van der Waals surface area contributed by atoms with Gasteiger partial charge in [0, 0.05) is 23.7 Å². The van der Waals surface area contributed by atoms with Gasteiger partial charge in [0.2, 0.25) is 0 Å². The molecule has 0 unspecified atom stereocenters. The summed E-state index contributed by atoms with van der Waals surface area (Å²) in [5.74, 6) is 0.154. The predicted molar refractivity (Wildman–Crippen MR) is 124 cm³/mol. The maximum absolute atomic E-state index is 14.4. The molecule has 0 atom stereocenters. The van der Waals surface area contributed by atoms with E-state index in [0.717, 1.165) is 18.4 Å². The van der Waals surface area contributed by atoms with Crippen LogP contribution in [-0.2, 0) is 16.1 Å². The first-order valence-electron chi connectivity index (χ1n) is 11.1. The lowest BCUT2D eigenvalue weighted by atomic mass is 9.89. The smallest absolute Gasteiger partial charge is 0.410 e. The van der Waals surface area contributed by atoms with Crippen LogP contribution in [0.3, 0.4) is 0 Å². The number of ether oxygens (including phenoxy) is 2. The van der Waals surface area contributed by atoms with E-state index in [-0.39, 0.29) is 31.1 Å². The maximum atomic E-state index is 14.4. The van der Waals surface area contributed by atoms with Crippen LogP contribution in [0.2, 0.25) is 5.02 Å². The Balaban J connectivity index is 1.50. The van der Waals surface area contributed by atoms with Crippen LogP contribution in [0.4, 0.5) is 14.9 Å². The highest BCUT2D eigenvalue weighted by Crippen LogP contribution is 2.38. The summed E-state index contributed by atoms with van der Waals surface area (Å²) < 4.78 is 25.5. The van der Waals surface area contributed by atoms with Crippen molar-refractivity contribution < 1.29 is 23.5 Å². The number of carbonyl (C=O) groups excluding carboxylic acids is 2. The van der Waals surface area contributed by atoms with Crippen molar-refractivity contribution in [3.8, 4) is 5.75 Å². The van der Waals surface area contributed by atoms with Crippen molar-refractivity contribution in [3.63, 3.8) is 0 Å². The van der Waals surface area contributed by atoms with Gasteiger partial charge in [-0.15, -0.1) is 0 Å². The molecule has 0 bridgehead atoms. The normalized spacial score (nSPS) is 16.9. The SMILES string of the molecule is CC(C)(C)OC(=O)N1CCC(c2ccc3c(c2)N(Cc2ccc(Cl)cc2F)C(=O)CO3)CC1. The van der Waals surface area contributed by atoms with Gasteiger partial charge in [0.1, 0.15) is 17.2 Å². The zero-order valence-electron chi connectivity index (χ0n) is 19.1. The van der Waals surface area contributed by atoms with Gasteiger partial charge in [0.05, 0.1) is 12.2 Å². The van der Waals surface area contributed by atoms with E-state index in [2.05, 4.69) is 0 Å². The van der Waals surface area contributed by atoms with Crippen LogP contribution in [0.15, 0.2) is 36.4 Å². The van der Waals surface area contributed by atoms with Crippen molar-refractivity contribution >= 4 is 29.3 Å². The Morgan fingerprint density at radius 3 is 2.58 bits per heavy atom. The minimum absolute atomic E-state index is 0.0875. The fourth-order valence-electron chi connectivity index (χ4n) is 4.19. The highest BCUT2D eigenvalue weighted by molar-refractivity contribution is 6.30. The highest BCUT2D eigenvalue weighted by atomic mass is 35.5. The first kappa shape index (κ1) is 23.4. The van der Waals surface area contributed by atoms with E-state index < -0.39 is 11.4 Å². The third-order valence-corrected chi connectivity index (χ3v) is 6.12. The van der Waals surface area contributed by atoms with Crippen LogP contribution in [0.1, 0.15) is 50.7 Å². The summed E-state index contributed by atoms with van der Waals surface area (Å²) >= 11 is 5.86. The summed E-state index contributed by atoms with van der Waals surface area (Å²) in [6.45, 7) is 6.79. The molecular weight excluding hydrogens is 447 g/mol. The fourth-order valence-corrected chi connectivity index (χ4v) is 4.35. The first-order valence-corrected chi connectivity index (χ1v) is 11.5. The Morgan fingerprint density at radius 2 is 1.91 bits per heavy atom. The molecule has 2 aromatic carbocycles. The van der Waals surface area contributed by atoms with Crippen molar-refractivity contribution in [2.75, 3.05) is 24.6 Å². The second kappa shape index (κ2) is 9.21.